The Hall–Kier alpha value is -4.13. The minimum atomic E-state index is -1.07. The van der Waals surface area contributed by atoms with Gasteiger partial charge in [0, 0.05) is 29.4 Å². The lowest BCUT2D eigenvalue weighted by atomic mass is 9.89. The highest BCUT2D eigenvalue weighted by molar-refractivity contribution is 6.07. The molecule has 1 heterocycles. The fourth-order valence-corrected chi connectivity index (χ4v) is 4.57. The van der Waals surface area contributed by atoms with Crippen molar-refractivity contribution in [1.82, 2.24) is 0 Å². The molecule has 35 heavy (non-hydrogen) atoms. The monoisotopic (exact) mass is 472 g/mol. The molecule has 7 heteroatoms. The summed E-state index contributed by atoms with van der Waals surface area (Å²) < 4.78 is 5.18. The molecule has 0 aromatic heterocycles. The quantitative estimate of drug-likeness (QED) is 0.519. The minimum absolute atomic E-state index is 0.0277. The van der Waals surface area contributed by atoms with Crippen LogP contribution in [0, 0.1) is 0 Å². The maximum atomic E-state index is 13.6. The molecule has 1 aliphatic heterocycles. The van der Waals surface area contributed by atoms with E-state index < -0.39 is 12.6 Å². The number of aliphatic carboxylic acids is 1. The van der Waals surface area contributed by atoms with Crippen LogP contribution < -0.4 is 14.5 Å². The summed E-state index contributed by atoms with van der Waals surface area (Å²) in [4.78, 5) is 41.0. The molecule has 1 unspecified atom stereocenters. The van der Waals surface area contributed by atoms with E-state index in [4.69, 9.17) is 9.84 Å². The zero-order chi connectivity index (χ0) is 24.9. The van der Waals surface area contributed by atoms with E-state index in [2.05, 4.69) is 0 Å². The summed E-state index contributed by atoms with van der Waals surface area (Å²) in [6.45, 7) is 3.40. The summed E-state index contributed by atoms with van der Waals surface area (Å²) in [5.41, 5.74) is 3.00. The minimum Gasteiger partial charge on any atom is -0.482 e. The van der Waals surface area contributed by atoms with Crippen molar-refractivity contribution in [2.75, 3.05) is 16.4 Å². The molecule has 0 saturated heterocycles. The number of fused-ring (bicyclic) bond motifs is 1. The number of nitrogens with zero attached hydrogens (tertiary/aromatic N) is 2. The van der Waals surface area contributed by atoms with Crippen LogP contribution >= 0.6 is 0 Å². The van der Waals surface area contributed by atoms with Crippen LogP contribution in [-0.4, -0.2) is 35.5 Å². The van der Waals surface area contributed by atoms with Gasteiger partial charge in [0.05, 0.1) is 6.04 Å². The van der Waals surface area contributed by atoms with E-state index in [1.807, 2.05) is 73.3 Å². The number of anilines is 2. The van der Waals surface area contributed by atoms with Gasteiger partial charge in [0.15, 0.2) is 6.61 Å². The van der Waals surface area contributed by atoms with Crippen LogP contribution in [0.5, 0.6) is 5.75 Å². The molecule has 2 amide bonds. The van der Waals surface area contributed by atoms with Crippen molar-refractivity contribution in [2.24, 2.45) is 0 Å². The molecule has 0 spiro atoms. The highest BCUT2D eigenvalue weighted by Gasteiger charge is 2.38. The summed E-state index contributed by atoms with van der Waals surface area (Å²) in [7, 11) is 0. The van der Waals surface area contributed by atoms with Crippen LogP contribution in [0.4, 0.5) is 11.4 Å². The Labute approximate surface area is 204 Å². The number of ether oxygens (including phenoxy) is 1. The van der Waals surface area contributed by atoms with Crippen LogP contribution in [0.2, 0.25) is 0 Å². The first-order valence-corrected chi connectivity index (χ1v) is 11.6. The lowest BCUT2D eigenvalue weighted by Crippen LogP contribution is -2.47. The average molecular weight is 473 g/mol. The Balaban J connectivity index is 1.68. The van der Waals surface area contributed by atoms with Crippen molar-refractivity contribution >= 4 is 29.2 Å². The first kappa shape index (κ1) is 24.0. The fourth-order valence-electron chi connectivity index (χ4n) is 4.57. The summed E-state index contributed by atoms with van der Waals surface area (Å²) in [5.74, 6) is -0.821. The third kappa shape index (κ3) is 5.04. The van der Waals surface area contributed by atoms with Crippen LogP contribution in [0.25, 0.3) is 0 Å². The highest BCUT2D eigenvalue weighted by atomic mass is 16.5. The molecule has 0 bridgehead atoms. The van der Waals surface area contributed by atoms with E-state index in [1.165, 1.54) is 0 Å². The second kappa shape index (κ2) is 10.4. The van der Waals surface area contributed by atoms with E-state index in [0.29, 0.717) is 24.2 Å². The van der Waals surface area contributed by atoms with Crippen molar-refractivity contribution in [2.45, 2.75) is 38.8 Å². The first-order valence-electron chi connectivity index (χ1n) is 11.6. The molecule has 3 aromatic carbocycles. The van der Waals surface area contributed by atoms with Crippen molar-refractivity contribution < 1.29 is 24.2 Å². The SMILES string of the molecule is CCC(=O)N(c1ccccc1)[C@H]1CC(C)N(C(=O)c2ccc(OCC(=O)O)cc2)c2ccccc21. The summed E-state index contributed by atoms with van der Waals surface area (Å²) in [6.07, 6.45) is 0.962. The molecule has 0 saturated carbocycles. The Morgan fingerprint density at radius 1 is 0.971 bits per heavy atom. The molecular weight excluding hydrogens is 444 g/mol. The Kier molecular flexibility index (Phi) is 7.15. The number of carbonyl (C=O) groups excluding carboxylic acids is 2. The van der Waals surface area contributed by atoms with Crippen LogP contribution in [0.3, 0.4) is 0 Å². The number of amides is 2. The Morgan fingerprint density at radius 2 is 1.63 bits per heavy atom. The molecule has 0 radical (unpaired) electrons. The molecule has 1 N–H and O–H groups in total. The maximum absolute atomic E-state index is 13.6. The van der Waals surface area contributed by atoms with Gasteiger partial charge in [0.25, 0.3) is 5.91 Å². The number of hydrogen-bond acceptors (Lipinski definition) is 4. The van der Waals surface area contributed by atoms with Gasteiger partial charge in [-0.25, -0.2) is 4.79 Å². The Bertz CT molecular complexity index is 1210. The predicted molar refractivity (Wildman–Crippen MR) is 134 cm³/mol. The molecule has 2 atom stereocenters. The van der Waals surface area contributed by atoms with E-state index in [9.17, 15) is 14.4 Å². The van der Waals surface area contributed by atoms with Gasteiger partial charge in [0.2, 0.25) is 5.91 Å². The molecule has 1 aliphatic rings. The van der Waals surface area contributed by atoms with E-state index >= 15 is 0 Å². The smallest absolute Gasteiger partial charge is 0.341 e. The van der Waals surface area contributed by atoms with Gasteiger partial charge in [-0.3, -0.25) is 9.59 Å². The average Bonchev–Trinajstić information content (AvgIpc) is 2.88. The van der Waals surface area contributed by atoms with E-state index in [-0.39, 0.29) is 23.9 Å². The van der Waals surface area contributed by atoms with Crippen LogP contribution in [0.1, 0.15) is 48.7 Å². The Morgan fingerprint density at radius 3 is 2.29 bits per heavy atom. The third-order valence-corrected chi connectivity index (χ3v) is 6.16. The maximum Gasteiger partial charge on any atom is 0.341 e. The molecule has 4 rings (SSSR count). The third-order valence-electron chi connectivity index (χ3n) is 6.16. The molecule has 0 fully saturated rings. The normalized spacial score (nSPS) is 16.8. The van der Waals surface area contributed by atoms with Gasteiger partial charge < -0.3 is 19.6 Å². The standard InChI is InChI=1S/C28H28N2O5/c1-3-26(31)30(21-9-5-4-6-10-21)25-17-19(2)29(24-12-8-7-11-23(24)25)28(34)20-13-15-22(16-14-20)35-18-27(32)33/h4-16,19,25H,3,17-18H2,1-2H3,(H,32,33)/t19?,25-/m0/s1. The van der Waals surface area contributed by atoms with E-state index in [1.54, 1.807) is 29.2 Å². The van der Waals surface area contributed by atoms with Crippen molar-refractivity contribution in [1.29, 1.82) is 0 Å². The second-order valence-electron chi connectivity index (χ2n) is 8.49. The van der Waals surface area contributed by atoms with Gasteiger partial charge in [-0.05, 0) is 61.4 Å². The second-order valence-corrected chi connectivity index (χ2v) is 8.49. The number of hydrogen-bond donors (Lipinski definition) is 1. The fraction of sp³-hybridized carbons (Fsp3) is 0.250. The van der Waals surface area contributed by atoms with E-state index in [0.717, 1.165) is 16.9 Å². The van der Waals surface area contributed by atoms with Crippen molar-refractivity contribution in [3.8, 4) is 5.75 Å². The number of rotatable bonds is 7. The molecule has 7 nitrogen and oxygen atoms in total. The number of carboxylic acids is 1. The van der Waals surface area contributed by atoms with Gasteiger partial charge in [-0.2, -0.15) is 0 Å². The van der Waals surface area contributed by atoms with Crippen LogP contribution in [0.15, 0.2) is 78.9 Å². The number of carbonyl (C=O) groups is 3. The van der Waals surface area contributed by atoms with Crippen LogP contribution in [-0.2, 0) is 9.59 Å². The molecule has 180 valence electrons. The van der Waals surface area contributed by atoms with Gasteiger partial charge in [-0.15, -0.1) is 0 Å². The largest absolute Gasteiger partial charge is 0.482 e. The number of carboxylic acid groups (broad SMARTS) is 1. The summed E-state index contributed by atoms with van der Waals surface area (Å²) >= 11 is 0. The number of benzene rings is 3. The molecule has 0 aliphatic carbocycles. The summed E-state index contributed by atoms with van der Waals surface area (Å²) in [6, 6.07) is 23.5. The first-order chi connectivity index (χ1) is 16.9. The summed E-state index contributed by atoms with van der Waals surface area (Å²) in [5, 5.41) is 8.78. The topological polar surface area (TPSA) is 87.2 Å². The molecule has 3 aromatic rings. The zero-order valence-electron chi connectivity index (χ0n) is 19.8. The molecular formula is C28H28N2O5. The zero-order valence-corrected chi connectivity index (χ0v) is 19.8. The van der Waals surface area contributed by atoms with Crippen molar-refractivity contribution in [3.63, 3.8) is 0 Å². The van der Waals surface area contributed by atoms with Crippen molar-refractivity contribution in [3.05, 3.63) is 90.0 Å². The number of para-hydroxylation sites is 2. The lowest BCUT2D eigenvalue weighted by molar-refractivity contribution is -0.139. The predicted octanol–water partition coefficient (Wildman–Crippen LogP) is 5.07. The highest BCUT2D eigenvalue weighted by Crippen LogP contribution is 2.43. The van der Waals surface area contributed by atoms with Gasteiger partial charge in [0.1, 0.15) is 5.75 Å². The van der Waals surface area contributed by atoms with Gasteiger partial charge >= 0.3 is 5.97 Å². The lowest BCUT2D eigenvalue weighted by Gasteiger charge is -2.43. The van der Waals surface area contributed by atoms with Gasteiger partial charge in [-0.1, -0.05) is 43.3 Å².